The molecule has 0 heterocycles. The maximum Gasteiger partial charge on any atom is 0.124 e. The highest BCUT2D eigenvalue weighted by Gasteiger charge is 2.26. The van der Waals surface area contributed by atoms with Gasteiger partial charge in [-0.25, -0.2) is 0 Å². The van der Waals surface area contributed by atoms with Crippen LogP contribution in [0.2, 0.25) is 0 Å². The van der Waals surface area contributed by atoms with Crippen LogP contribution in [0.25, 0.3) is 10.8 Å². The van der Waals surface area contributed by atoms with E-state index in [4.69, 9.17) is 10.5 Å². The lowest BCUT2D eigenvalue weighted by atomic mass is 9.95. The second-order valence-corrected chi connectivity index (χ2v) is 5.42. The van der Waals surface area contributed by atoms with E-state index in [2.05, 4.69) is 36.4 Å². The highest BCUT2D eigenvalue weighted by Crippen LogP contribution is 2.41. The van der Waals surface area contributed by atoms with Gasteiger partial charge in [-0.1, -0.05) is 43.2 Å². The van der Waals surface area contributed by atoms with E-state index in [-0.39, 0.29) is 18.4 Å². The largest absolute Gasteiger partial charge is 0.494 e. The number of hydrogen-bond acceptors (Lipinski definition) is 2. The molecule has 20 heavy (non-hydrogen) atoms. The summed E-state index contributed by atoms with van der Waals surface area (Å²) in [5.41, 5.74) is 7.64. The summed E-state index contributed by atoms with van der Waals surface area (Å²) < 4.78 is 5.79. The fourth-order valence-corrected chi connectivity index (χ4v) is 2.77. The van der Waals surface area contributed by atoms with Crippen molar-refractivity contribution in [3.63, 3.8) is 0 Å². The van der Waals surface area contributed by atoms with Gasteiger partial charge in [-0.05, 0) is 36.1 Å². The molecule has 0 unspecified atom stereocenters. The Kier molecular flexibility index (Phi) is 4.90. The molecule has 3 rings (SSSR count). The lowest BCUT2D eigenvalue weighted by Crippen LogP contribution is -2.13. The van der Waals surface area contributed by atoms with Gasteiger partial charge in [0, 0.05) is 11.6 Å². The van der Waals surface area contributed by atoms with E-state index in [1.165, 1.54) is 29.2 Å². The van der Waals surface area contributed by atoms with Gasteiger partial charge in [0.15, 0.2) is 0 Å². The zero-order valence-corrected chi connectivity index (χ0v) is 12.7. The van der Waals surface area contributed by atoms with Gasteiger partial charge in [-0.15, -0.1) is 12.4 Å². The predicted molar refractivity (Wildman–Crippen MR) is 86.6 cm³/mol. The van der Waals surface area contributed by atoms with Crippen molar-refractivity contribution in [1.29, 1.82) is 0 Å². The molecule has 1 fully saturated rings. The molecule has 2 aromatic rings. The van der Waals surface area contributed by atoms with E-state index in [0.717, 1.165) is 18.1 Å². The van der Waals surface area contributed by atoms with E-state index in [9.17, 15) is 0 Å². The van der Waals surface area contributed by atoms with Crippen LogP contribution in [0.4, 0.5) is 0 Å². The molecule has 3 heteroatoms. The van der Waals surface area contributed by atoms with Gasteiger partial charge in [-0.2, -0.15) is 0 Å². The average molecular weight is 292 g/mol. The Balaban J connectivity index is 0.00000147. The molecule has 0 aromatic heterocycles. The number of nitrogens with two attached hydrogens (primary N) is 1. The van der Waals surface area contributed by atoms with Gasteiger partial charge in [0.2, 0.25) is 0 Å². The fourth-order valence-electron chi connectivity index (χ4n) is 2.77. The number of fused-ring (bicyclic) bond motifs is 1. The molecular weight excluding hydrogens is 270 g/mol. The van der Waals surface area contributed by atoms with Crippen LogP contribution in [0.3, 0.4) is 0 Å². The first-order chi connectivity index (χ1) is 9.29. The molecular formula is C17H22ClNO. The molecule has 2 nitrogen and oxygen atoms in total. The van der Waals surface area contributed by atoms with Gasteiger partial charge in [0.1, 0.15) is 5.75 Å². The average Bonchev–Trinajstić information content (AvgIpc) is 3.22. The van der Waals surface area contributed by atoms with Crippen LogP contribution in [0.15, 0.2) is 36.4 Å². The van der Waals surface area contributed by atoms with Crippen LogP contribution in [-0.2, 0) is 0 Å². The third-order valence-corrected chi connectivity index (χ3v) is 3.89. The standard InChI is InChI=1S/C17H21NO.ClH/c1-2-19-16-10-9-13-5-3-4-6-14(13)17(16)15(18)11-12-7-8-12;/h3-6,9-10,12,15H,2,7-8,11,18H2,1H3;1H/t15-;/m0./s1. The molecule has 1 aliphatic carbocycles. The number of ether oxygens (including phenoxy) is 1. The van der Waals surface area contributed by atoms with Crippen LogP contribution >= 0.6 is 12.4 Å². The van der Waals surface area contributed by atoms with E-state index < -0.39 is 0 Å². The monoisotopic (exact) mass is 291 g/mol. The SMILES string of the molecule is CCOc1ccc2ccccc2c1[C@@H](N)CC1CC1.Cl. The number of rotatable bonds is 5. The summed E-state index contributed by atoms with van der Waals surface area (Å²) in [5, 5.41) is 2.48. The lowest BCUT2D eigenvalue weighted by Gasteiger charge is -2.19. The number of halogens is 1. The van der Waals surface area contributed by atoms with E-state index in [1.54, 1.807) is 0 Å². The third kappa shape index (κ3) is 3.08. The topological polar surface area (TPSA) is 35.2 Å². The summed E-state index contributed by atoms with van der Waals surface area (Å²) in [6, 6.07) is 12.7. The zero-order chi connectivity index (χ0) is 13.2. The Morgan fingerprint density at radius 2 is 1.95 bits per heavy atom. The Morgan fingerprint density at radius 1 is 1.20 bits per heavy atom. The quantitative estimate of drug-likeness (QED) is 0.883. The van der Waals surface area contributed by atoms with Crippen LogP contribution in [-0.4, -0.2) is 6.61 Å². The summed E-state index contributed by atoms with van der Waals surface area (Å²) in [6.07, 6.45) is 3.75. The van der Waals surface area contributed by atoms with Crippen LogP contribution < -0.4 is 10.5 Å². The van der Waals surface area contributed by atoms with Crippen molar-refractivity contribution in [3.05, 3.63) is 42.0 Å². The fraction of sp³-hybridized carbons (Fsp3) is 0.412. The molecule has 0 bridgehead atoms. The minimum atomic E-state index is 0. The summed E-state index contributed by atoms with van der Waals surface area (Å²) in [5.74, 6) is 1.78. The molecule has 2 aromatic carbocycles. The second kappa shape index (κ2) is 6.47. The van der Waals surface area contributed by atoms with Crippen molar-refractivity contribution >= 4 is 23.2 Å². The van der Waals surface area contributed by atoms with Gasteiger partial charge in [0.05, 0.1) is 6.61 Å². The minimum absolute atomic E-state index is 0. The first kappa shape index (κ1) is 15.1. The highest BCUT2D eigenvalue weighted by molar-refractivity contribution is 5.88. The van der Waals surface area contributed by atoms with E-state index in [0.29, 0.717) is 6.61 Å². The van der Waals surface area contributed by atoms with Crippen LogP contribution in [0, 0.1) is 5.92 Å². The lowest BCUT2D eigenvalue weighted by molar-refractivity contribution is 0.334. The Hall–Kier alpha value is -1.25. The van der Waals surface area contributed by atoms with Crippen molar-refractivity contribution in [1.82, 2.24) is 0 Å². The molecule has 108 valence electrons. The normalized spacial score (nSPS) is 15.7. The molecule has 1 atom stereocenters. The number of hydrogen-bond donors (Lipinski definition) is 1. The van der Waals surface area contributed by atoms with Gasteiger partial charge in [0.25, 0.3) is 0 Å². The van der Waals surface area contributed by atoms with Crippen LogP contribution in [0.1, 0.15) is 37.8 Å². The first-order valence-electron chi connectivity index (χ1n) is 7.19. The summed E-state index contributed by atoms with van der Waals surface area (Å²) in [7, 11) is 0. The molecule has 0 saturated heterocycles. The minimum Gasteiger partial charge on any atom is -0.494 e. The Labute approximate surface area is 126 Å². The smallest absolute Gasteiger partial charge is 0.124 e. The van der Waals surface area contributed by atoms with Gasteiger partial charge < -0.3 is 10.5 Å². The molecule has 0 spiro atoms. The van der Waals surface area contributed by atoms with E-state index in [1.807, 2.05) is 6.92 Å². The summed E-state index contributed by atoms with van der Waals surface area (Å²) >= 11 is 0. The molecule has 1 aliphatic rings. The number of benzene rings is 2. The Bertz CT molecular complexity index is 580. The van der Waals surface area contributed by atoms with E-state index >= 15 is 0 Å². The molecule has 0 aliphatic heterocycles. The molecule has 0 radical (unpaired) electrons. The maximum absolute atomic E-state index is 6.45. The van der Waals surface area contributed by atoms with Crippen molar-refractivity contribution in [2.45, 2.75) is 32.2 Å². The predicted octanol–water partition coefficient (Wildman–Crippen LogP) is 4.46. The summed E-state index contributed by atoms with van der Waals surface area (Å²) in [4.78, 5) is 0. The van der Waals surface area contributed by atoms with Crippen molar-refractivity contribution in [3.8, 4) is 5.75 Å². The van der Waals surface area contributed by atoms with Crippen molar-refractivity contribution in [2.75, 3.05) is 6.61 Å². The summed E-state index contributed by atoms with van der Waals surface area (Å²) in [6.45, 7) is 2.70. The highest BCUT2D eigenvalue weighted by atomic mass is 35.5. The van der Waals surface area contributed by atoms with Crippen molar-refractivity contribution in [2.24, 2.45) is 11.7 Å². The molecule has 0 amide bonds. The van der Waals surface area contributed by atoms with Gasteiger partial charge >= 0.3 is 0 Å². The van der Waals surface area contributed by atoms with Crippen LogP contribution in [0.5, 0.6) is 5.75 Å². The first-order valence-corrected chi connectivity index (χ1v) is 7.19. The van der Waals surface area contributed by atoms with Crippen molar-refractivity contribution < 1.29 is 4.74 Å². The Morgan fingerprint density at radius 3 is 2.65 bits per heavy atom. The molecule has 1 saturated carbocycles. The molecule has 2 N–H and O–H groups in total. The zero-order valence-electron chi connectivity index (χ0n) is 11.8. The maximum atomic E-state index is 6.45. The second-order valence-electron chi connectivity index (χ2n) is 5.42. The van der Waals surface area contributed by atoms with Gasteiger partial charge in [-0.3, -0.25) is 0 Å². The third-order valence-electron chi connectivity index (χ3n) is 3.89.